The molecule has 0 spiro atoms. The number of nitrogens with two attached hydrogens (primary N) is 1. The second-order valence-corrected chi connectivity index (χ2v) is 2.68. The molecule has 2 N–H and O–H groups in total. The Morgan fingerprint density at radius 2 is 2.33 bits per heavy atom. The van der Waals surface area contributed by atoms with Crippen LogP contribution in [0, 0.1) is 6.92 Å². The van der Waals surface area contributed by atoms with E-state index >= 15 is 0 Å². The lowest BCUT2D eigenvalue weighted by molar-refractivity contribution is 0.0987. The van der Waals surface area contributed by atoms with Crippen LogP contribution in [0.2, 0.25) is 0 Å². The van der Waals surface area contributed by atoms with Gasteiger partial charge in [0.2, 0.25) is 0 Å². The van der Waals surface area contributed by atoms with Gasteiger partial charge in [-0.1, -0.05) is 6.92 Å². The second-order valence-electron chi connectivity index (χ2n) is 2.68. The minimum atomic E-state index is 0.0901. The number of Topliss-reactive ketones (excluding diaryl/α,β-unsaturated/α-hetero) is 1. The third kappa shape index (κ3) is 1.61. The van der Waals surface area contributed by atoms with Crippen LogP contribution in [0.15, 0.2) is 12.3 Å². The molecule has 0 atom stereocenters. The summed E-state index contributed by atoms with van der Waals surface area (Å²) in [5.74, 6) is 0.0901. The number of carbonyl (C=O) groups excluding carboxylic acids is 1. The molecule has 64 valence electrons. The first-order valence-electron chi connectivity index (χ1n) is 3.90. The Hall–Kier alpha value is -1.38. The first kappa shape index (κ1) is 8.71. The van der Waals surface area contributed by atoms with Gasteiger partial charge in [0.25, 0.3) is 0 Å². The highest BCUT2D eigenvalue weighted by molar-refractivity contribution is 5.97. The number of carbonyl (C=O) groups is 1. The molecule has 0 aromatic carbocycles. The number of ketones is 1. The molecule has 1 aromatic rings. The van der Waals surface area contributed by atoms with Crippen LogP contribution in [-0.4, -0.2) is 10.8 Å². The monoisotopic (exact) mass is 164 g/mol. The van der Waals surface area contributed by atoms with Crippen molar-refractivity contribution in [3.63, 3.8) is 0 Å². The fraction of sp³-hybridized carbons (Fsp3) is 0.333. The van der Waals surface area contributed by atoms with Crippen molar-refractivity contribution in [2.24, 2.45) is 0 Å². The highest BCUT2D eigenvalue weighted by Gasteiger charge is 2.07. The quantitative estimate of drug-likeness (QED) is 0.675. The van der Waals surface area contributed by atoms with Crippen LogP contribution >= 0.6 is 0 Å². The zero-order valence-electron chi connectivity index (χ0n) is 7.29. The molecule has 0 fully saturated rings. The van der Waals surface area contributed by atoms with Crippen molar-refractivity contribution >= 4 is 11.5 Å². The van der Waals surface area contributed by atoms with Crippen molar-refractivity contribution in [3.8, 4) is 0 Å². The maximum atomic E-state index is 11.3. The van der Waals surface area contributed by atoms with Gasteiger partial charge in [0.05, 0.1) is 11.9 Å². The molecule has 0 amide bonds. The summed E-state index contributed by atoms with van der Waals surface area (Å²) in [6.07, 6.45) is 2.05. The van der Waals surface area contributed by atoms with Gasteiger partial charge in [-0.15, -0.1) is 0 Å². The summed E-state index contributed by atoms with van der Waals surface area (Å²) >= 11 is 0. The Bertz CT molecular complexity index is 307. The van der Waals surface area contributed by atoms with Gasteiger partial charge in [-0.05, 0) is 13.0 Å². The summed E-state index contributed by atoms with van der Waals surface area (Å²) in [5.41, 5.74) is 7.43. The van der Waals surface area contributed by atoms with Gasteiger partial charge in [0, 0.05) is 17.7 Å². The summed E-state index contributed by atoms with van der Waals surface area (Å²) in [6.45, 7) is 3.63. The maximum Gasteiger partial charge on any atom is 0.164 e. The lowest BCUT2D eigenvalue weighted by atomic mass is 10.1. The van der Waals surface area contributed by atoms with Crippen molar-refractivity contribution in [1.29, 1.82) is 0 Å². The first-order valence-corrected chi connectivity index (χ1v) is 3.90. The van der Waals surface area contributed by atoms with E-state index in [-0.39, 0.29) is 5.78 Å². The van der Waals surface area contributed by atoms with Crippen LogP contribution in [0.3, 0.4) is 0 Å². The van der Waals surface area contributed by atoms with Crippen LogP contribution in [0.1, 0.15) is 29.4 Å². The standard InChI is InChI=1S/C9H12N2O/c1-3-9(12)8-4-7(10)5-11-6(8)2/h4-5H,3,10H2,1-2H3. The van der Waals surface area contributed by atoms with Gasteiger partial charge >= 0.3 is 0 Å². The summed E-state index contributed by atoms with van der Waals surface area (Å²) in [7, 11) is 0. The molecule has 0 aliphatic heterocycles. The number of anilines is 1. The van der Waals surface area contributed by atoms with Gasteiger partial charge < -0.3 is 5.73 Å². The minimum Gasteiger partial charge on any atom is -0.397 e. The van der Waals surface area contributed by atoms with Gasteiger partial charge in [-0.25, -0.2) is 0 Å². The van der Waals surface area contributed by atoms with E-state index in [1.54, 1.807) is 12.3 Å². The Balaban J connectivity index is 3.13. The Labute approximate surface area is 71.6 Å². The number of nitrogens with zero attached hydrogens (tertiary/aromatic N) is 1. The van der Waals surface area contributed by atoms with Gasteiger partial charge in [0.15, 0.2) is 5.78 Å². The van der Waals surface area contributed by atoms with Gasteiger partial charge in [0.1, 0.15) is 0 Å². The second kappa shape index (κ2) is 3.34. The largest absolute Gasteiger partial charge is 0.397 e. The van der Waals surface area contributed by atoms with E-state index in [2.05, 4.69) is 4.98 Å². The van der Waals surface area contributed by atoms with E-state index in [9.17, 15) is 4.79 Å². The van der Waals surface area contributed by atoms with Crippen LogP contribution in [-0.2, 0) is 0 Å². The Morgan fingerprint density at radius 3 is 2.92 bits per heavy atom. The fourth-order valence-electron chi connectivity index (χ4n) is 1.02. The van der Waals surface area contributed by atoms with Crippen molar-refractivity contribution in [2.75, 3.05) is 5.73 Å². The smallest absolute Gasteiger partial charge is 0.164 e. The van der Waals surface area contributed by atoms with Crippen molar-refractivity contribution in [2.45, 2.75) is 20.3 Å². The molecule has 3 nitrogen and oxygen atoms in total. The summed E-state index contributed by atoms with van der Waals surface area (Å²) in [4.78, 5) is 15.3. The predicted molar refractivity (Wildman–Crippen MR) is 48.0 cm³/mol. The number of aromatic nitrogens is 1. The molecule has 0 aliphatic carbocycles. The highest BCUT2D eigenvalue weighted by atomic mass is 16.1. The minimum absolute atomic E-state index is 0.0901. The summed E-state index contributed by atoms with van der Waals surface area (Å²) in [6, 6.07) is 1.67. The van der Waals surface area contributed by atoms with E-state index < -0.39 is 0 Å². The molecular weight excluding hydrogens is 152 g/mol. The average molecular weight is 164 g/mol. The number of rotatable bonds is 2. The van der Waals surface area contributed by atoms with E-state index in [0.717, 1.165) is 5.69 Å². The lowest BCUT2D eigenvalue weighted by Gasteiger charge is -2.02. The number of pyridine rings is 1. The molecule has 0 saturated heterocycles. The lowest BCUT2D eigenvalue weighted by Crippen LogP contribution is -2.03. The summed E-state index contributed by atoms with van der Waals surface area (Å²) in [5, 5.41) is 0. The molecule has 0 radical (unpaired) electrons. The Kier molecular flexibility index (Phi) is 2.43. The molecule has 12 heavy (non-hydrogen) atoms. The van der Waals surface area contributed by atoms with E-state index in [0.29, 0.717) is 17.7 Å². The van der Waals surface area contributed by atoms with E-state index in [1.807, 2.05) is 13.8 Å². The molecule has 1 heterocycles. The van der Waals surface area contributed by atoms with Crippen LogP contribution < -0.4 is 5.73 Å². The fourth-order valence-corrected chi connectivity index (χ4v) is 1.02. The topological polar surface area (TPSA) is 56.0 Å². The molecule has 1 aromatic heterocycles. The predicted octanol–water partition coefficient (Wildman–Crippen LogP) is 1.56. The van der Waals surface area contributed by atoms with Crippen LogP contribution in [0.4, 0.5) is 5.69 Å². The zero-order valence-corrected chi connectivity index (χ0v) is 7.29. The average Bonchev–Trinajstić information content (AvgIpc) is 2.08. The number of hydrogen-bond donors (Lipinski definition) is 1. The van der Waals surface area contributed by atoms with E-state index in [1.165, 1.54) is 0 Å². The molecular formula is C9H12N2O. The molecule has 0 aliphatic rings. The highest BCUT2D eigenvalue weighted by Crippen LogP contribution is 2.11. The summed E-state index contributed by atoms with van der Waals surface area (Å²) < 4.78 is 0. The van der Waals surface area contributed by atoms with E-state index in [4.69, 9.17) is 5.73 Å². The zero-order chi connectivity index (χ0) is 9.14. The van der Waals surface area contributed by atoms with Crippen LogP contribution in [0.5, 0.6) is 0 Å². The third-order valence-corrected chi connectivity index (χ3v) is 1.73. The van der Waals surface area contributed by atoms with Crippen LogP contribution in [0.25, 0.3) is 0 Å². The van der Waals surface area contributed by atoms with Crippen molar-refractivity contribution < 1.29 is 4.79 Å². The normalized spacial score (nSPS) is 9.83. The van der Waals surface area contributed by atoms with Crippen molar-refractivity contribution in [3.05, 3.63) is 23.5 Å². The third-order valence-electron chi connectivity index (χ3n) is 1.73. The molecule has 0 bridgehead atoms. The number of hydrogen-bond acceptors (Lipinski definition) is 3. The number of nitrogen functional groups attached to an aromatic ring is 1. The Morgan fingerprint density at radius 1 is 1.67 bits per heavy atom. The first-order chi connectivity index (χ1) is 5.65. The molecule has 0 unspecified atom stereocenters. The maximum absolute atomic E-state index is 11.3. The molecule has 3 heteroatoms. The SMILES string of the molecule is CCC(=O)c1cc(N)cnc1C. The van der Waals surface area contributed by atoms with Gasteiger partial charge in [-0.3, -0.25) is 9.78 Å². The van der Waals surface area contributed by atoms with Crippen molar-refractivity contribution in [1.82, 2.24) is 4.98 Å². The number of aryl methyl sites for hydroxylation is 1. The molecule has 1 rings (SSSR count). The van der Waals surface area contributed by atoms with Gasteiger partial charge in [-0.2, -0.15) is 0 Å². The molecule has 0 saturated carbocycles.